The predicted molar refractivity (Wildman–Crippen MR) is 85.5 cm³/mol. The Bertz CT molecular complexity index is 796. The molecule has 4 heterocycles. The number of amides is 1. The Morgan fingerprint density at radius 1 is 1.52 bits per heavy atom. The van der Waals surface area contributed by atoms with Gasteiger partial charge in [0.15, 0.2) is 5.82 Å². The highest BCUT2D eigenvalue weighted by atomic mass is 19.1. The summed E-state index contributed by atoms with van der Waals surface area (Å²) in [5.74, 6) is -0.448. The molecule has 2 aromatic rings. The van der Waals surface area contributed by atoms with E-state index < -0.39 is 5.82 Å². The zero-order valence-corrected chi connectivity index (χ0v) is 13.9. The minimum absolute atomic E-state index is 0.0166. The van der Waals surface area contributed by atoms with E-state index >= 15 is 0 Å². The van der Waals surface area contributed by atoms with Gasteiger partial charge in [0.25, 0.3) is 5.91 Å². The number of ether oxygens (including phenoxy) is 2. The number of hydrogen-bond acceptors (Lipinski definition) is 5. The van der Waals surface area contributed by atoms with Gasteiger partial charge in [-0.2, -0.15) is 5.10 Å². The van der Waals surface area contributed by atoms with Gasteiger partial charge in [0.05, 0.1) is 25.2 Å². The van der Waals surface area contributed by atoms with E-state index in [0.717, 1.165) is 0 Å². The number of carbonyl (C=O) groups excluding carboxylic acids is 1. The number of likely N-dealkylation sites (tertiary alicyclic amines) is 1. The highest BCUT2D eigenvalue weighted by molar-refractivity contribution is 5.92. The Morgan fingerprint density at radius 2 is 2.40 bits per heavy atom. The normalized spacial score (nSPS) is 25.2. The van der Waals surface area contributed by atoms with Crippen LogP contribution in [0.3, 0.4) is 0 Å². The molecular weight excluding hydrogens is 327 g/mol. The quantitative estimate of drug-likeness (QED) is 0.830. The van der Waals surface area contributed by atoms with Crippen molar-refractivity contribution in [2.24, 2.45) is 18.4 Å². The first-order chi connectivity index (χ1) is 12.1. The van der Waals surface area contributed by atoms with Crippen LogP contribution in [-0.2, 0) is 11.8 Å². The molecule has 2 atom stereocenters. The third-order valence-corrected chi connectivity index (χ3v) is 4.96. The van der Waals surface area contributed by atoms with Gasteiger partial charge >= 0.3 is 0 Å². The molecule has 0 aliphatic carbocycles. The van der Waals surface area contributed by atoms with Crippen LogP contribution in [0.25, 0.3) is 0 Å². The van der Waals surface area contributed by atoms with Crippen molar-refractivity contribution in [3.8, 4) is 5.88 Å². The Labute approximate surface area is 144 Å². The van der Waals surface area contributed by atoms with Gasteiger partial charge < -0.3 is 14.4 Å². The molecule has 2 aliphatic heterocycles. The highest BCUT2D eigenvalue weighted by Crippen LogP contribution is 2.42. The van der Waals surface area contributed by atoms with Crippen LogP contribution in [-0.4, -0.2) is 58.5 Å². The second-order valence-corrected chi connectivity index (χ2v) is 6.71. The molecule has 8 heteroatoms. The molecule has 1 amide bonds. The molecule has 132 valence electrons. The zero-order valence-electron chi connectivity index (χ0n) is 13.9. The van der Waals surface area contributed by atoms with E-state index in [-0.39, 0.29) is 29.7 Å². The van der Waals surface area contributed by atoms with E-state index in [2.05, 4.69) is 10.1 Å². The molecule has 0 unspecified atom stereocenters. The summed E-state index contributed by atoms with van der Waals surface area (Å²) < 4.78 is 26.6. The molecule has 2 aliphatic rings. The fourth-order valence-electron chi connectivity index (χ4n) is 3.57. The average Bonchev–Trinajstić information content (AvgIpc) is 3.27. The van der Waals surface area contributed by atoms with Crippen molar-refractivity contribution in [1.82, 2.24) is 19.7 Å². The van der Waals surface area contributed by atoms with Gasteiger partial charge in [-0.1, -0.05) is 0 Å². The van der Waals surface area contributed by atoms with Crippen molar-refractivity contribution in [3.63, 3.8) is 0 Å². The van der Waals surface area contributed by atoms with Crippen molar-refractivity contribution in [3.05, 3.63) is 42.1 Å². The number of aryl methyl sites for hydroxylation is 1. The molecule has 2 saturated heterocycles. The summed E-state index contributed by atoms with van der Waals surface area (Å²) >= 11 is 0. The van der Waals surface area contributed by atoms with Crippen LogP contribution in [0.4, 0.5) is 4.39 Å². The smallest absolute Gasteiger partial charge is 0.274 e. The number of fused-ring (bicyclic) bond motifs is 1. The Kier molecular flexibility index (Phi) is 3.91. The molecule has 0 spiro atoms. The van der Waals surface area contributed by atoms with Crippen molar-refractivity contribution >= 4 is 5.91 Å². The summed E-state index contributed by atoms with van der Waals surface area (Å²) in [6.07, 6.45) is 3.24. The number of halogens is 1. The SMILES string of the molecule is Cn1ccc(C(=O)N2C[C@@H]3COC[C@]3(COc3ncccc3F)C2)n1. The molecule has 0 saturated carbocycles. The van der Waals surface area contributed by atoms with E-state index in [4.69, 9.17) is 9.47 Å². The average molecular weight is 346 g/mol. The topological polar surface area (TPSA) is 69.5 Å². The Morgan fingerprint density at radius 3 is 3.16 bits per heavy atom. The van der Waals surface area contributed by atoms with Gasteiger partial charge in [-0.25, -0.2) is 9.37 Å². The lowest BCUT2D eigenvalue weighted by Gasteiger charge is -2.26. The van der Waals surface area contributed by atoms with Crippen LogP contribution >= 0.6 is 0 Å². The number of nitrogens with zero attached hydrogens (tertiary/aromatic N) is 4. The fourth-order valence-corrected chi connectivity index (χ4v) is 3.57. The summed E-state index contributed by atoms with van der Waals surface area (Å²) in [4.78, 5) is 18.4. The summed E-state index contributed by atoms with van der Waals surface area (Å²) in [7, 11) is 1.78. The van der Waals surface area contributed by atoms with Crippen LogP contribution in [0.2, 0.25) is 0 Å². The van der Waals surface area contributed by atoms with Crippen LogP contribution in [0.5, 0.6) is 5.88 Å². The third kappa shape index (κ3) is 2.86. The maximum atomic E-state index is 13.7. The monoisotopic (exact) mass is 346 g/mol. The molecular formula is C17H19FN4O3. The lowest BCUT2D eigenvalue weighted by Crippen LogP contribution is -2.38. The first-order valence-electron chi connectivity index (χ1n) is 8.17. The first-order valence-corrected chi connectivity index (χ1v) is 8.17. The van der Waals surface area contributed by atoms with E-state index in [1.54, 1.807) is 28.9 Å². The van der Waals surface area contributed by atoms with Gasteiger partial charge in [0.1, 0.15) is 5.69 Å². The standard InChI is InChI=1S/C17H19FN4O3/c1-21-6-4-14(20-21)16(23)22-7-12-8-24-10-17(12,9-22)11-25-15-13(18)3-2-5-19-15/h2-6,12H,7-11H2,1H3/t12-,17+/m1/s1. The zero-order chi connectivity index (χ0) is 17.4. The lowest BCUT2D eigenvalue weighted by molar-refractivity contribution is 0.0645. The van der Waals surface area contributed by atoms with Gasteiger partial charge in [-0.15, -0.1) is 0 Å². The van der Waals surface area contributed by atoms with Crippen molar-refractivity contribution in [2.45, 2.75) is 0 Å². The summed E-state index contributed by atoms with van der Waals surface area (Å²) in [6.45, 7) is 2.40. The van der Waals surface area contributed by atoms with Gasteiger partial charge in [-0.05, 0) is 18.2 Å². The molecule has 2 aromatic heterocycles. The maximum Gasteiger partial charge on any atom is 0.274 e. The van der Waals surface area contributed by atoms with Crippen LogP contribution in [0.1, 0.15) is 10.5 Å². The van der Waals surface area contributed by atoms with Gasteiger partial charge in [-0.3, -0.25) is 9.48 Å². The number of carbonyl (C=O) groups is 1. The van der Waals surface area contributed by atoms with E-state index in [1.807, 2.05) is 0 Å². The number of rotatable bonds is 4. The molecule has 0 radical (unpaired) electrons. The minimum Gasteiger partial charge on any atom is -0.475 e. The molecule has 25 heavy (non-hydrogen) atoms. The molecule has 2 fully saturated rings. The molecule has 7 nitrogen and oxygen atoms in total. The molecule has 4 rings (SSSR count). The molecule has 0 bridgehead atoms. The lowest BCUT2D eigenvalue weighted by atomic mass is 9.82. The Hall–Kier alpha value is -2.48. The summed E-state index contributed by atoms with van der Waals surface area (Å²) in [5, 5.41) is 4.18. The number of hydrogen-bond donors (Lipinski definition) is 0. The number of pyridine rings is 1. The minimum atomic E-state index is -0.492. The summed E-state index contributed by atoms with van der Waals surface area (Å²) in [5.41, 5.74) is 0.0873. The van der Waals surface area contributed by atoms with Crippen LogP contribution in [0.15, 0.2) is 30.6 Å². The molecule has 0 aromatic carbocycles. The highest BCUT2D eigenvalue weighted by Gasteiger charge is 2.52. The Balaban J connectivity index is 1.49. The van der Waals surface area contributed by atoms with E-state index in [9.17, 15) is 9.18 Å². The van der Waals surface area contributed by atoms with Crippen LogP contribution in [0, 0.1) is 17.2 Å². The maximum absolute atomic E-state index is 13.7. The predicted octanol–water partition coefficient (Wildman–Crippen LogP) is 1.12. The van der Waals surface area contributed by atoms with E-state index in [1.165, 1.54) is 18.3 Å². The van der Waals surface area contributed by atoms with Gasteiger partial charge in [0, 0.05) is 38.4 Å². The van der Waals surface area contributed by atoms with Crippen LogP contribution < -0.4 is 4.74 Å². The fraction of sp³-hybridized carbons (Fsp3) is 0.471. The van der Waals surface area contributed by atoms with Gasteiger partial charge in [0.2, 0.25) is 5.88 Å². The second kappa shape index (κ2) is 6.11. The van der Waals surface area contributed by atoms with E-state index in [0.29, 0.717) is 32.0 Å². The number of aromatic nitrogens is 3. The van der Waals surface area contributed by atoms with Crippen molar-refractivity contribution < 1.29 is 18.7 Å². The summed E-state index contributed by atoms with van der Waals surface area (Å²) in [6, 6.07) is 4.54. The molecule has 0 N–H and O–H groups in total. The second-order valence-electron chi connectivity index (χ2n) is 6.71. The third-order valence-electron chi connectivity index (χ3n) is 4.96. The van der Waals surface area contributed by atoms with Crippen molar-refractivity contribution in [1.29, 1.82) is 0 Å². The first kappa shape index (κ1) is 16.0. The van der Waals surface area contributed by atoms with Crippen molar-refractivity contribution in [2.75, 3.05) is 32.9 Å². The largest absolute Gasteiger partial charge is 0.475 e.